The zero-order valence-electron chi connectivity index (χ0n) is 6.80. The maximum atomic E-state index is 5.20. The highest BCUT2D eigenvalue weighted by molar-refractivity contribution is 5.38. The van der Waals surface area contributed by atoms with Crippen LogP contribution < -0.4 is 0 Å². The highest BCUT2D eigenvalue weighted by atomic mass is 13.9. The number of rotatable bonds is 0. The summed E-state index contributed by atoms with van der Waals surface area (Å²) in [6, 6.07) is 7.88. The van der Waals surface area contributed by atoms with Crippen molar-refractivity contribution in [1.82, 2.24) is 0 Å². The Labute approximate surface area is 68.6 Å². The van der Waals surface area contributed by atoms with Gasteiger partial charge in [-0.2, -0.15) is 0 Å². The molecule has 0 heterocycles. The molecular weight excluding hydrogens is 132 g/mol. The first-order valence-corrected chi connectivity index (χ1v) is 3.37. The number of benzene rings is 1. The predicted molar refractivity (Wildman–Crippen MR) is 50.4 cm³/mol. The highest BCUT2D eigenvalue weighted by Gasteiger charge is 1.87. The first kappa shape index (κ1) is 9.52. The third-order valence-electron chi connectivity index (χ3n) is 1.30. The van der Waals surface area contributed by atoms with Gasteiger partial charge in [-0.25, -0.2) is 0 Å². The standard InChI is InChI=1S/C9H8.C2H4/c1-3-9-7-5-4-6-8(9)2;1-2/h1,4-7H,2H3;1-2H2. The van der Waals surface area contributed by atoms with Crippen molar-refractivity contribution in [3.63, 3.8) is 0 Å². The Balaban J connectivity index is 0.000000461. The number of terminal acetylenes is 1. The molecule has 0 aliphatic carbocycles. The van der Waals surface area contributed by atoms with E-state index in [1.807, 2.05) is 31.2 Å². The normalized spacial score (nSPS) is 7.27. The minimum absolute atomic E-state index is 0.984. The molecule has 0 saturated heterocycles. The number of hydrogen-bond donors (Lipinski definition) is 0. The van der Waals surface area contributed by atoms with Gasteiger partial charge in [0.05, 0.1) is 0 Å². The molecule has 0 nitrogen and oxygen atoms in total. The molecule has 11 heavy (non-hydrogen) atoms. The summed E-state index contributed by atoms with van der Waals surface area (Å²) in [4.78, 5) is 0. The van der Waals surface area contributed by atoms with Gasteiger partial charge in [0.1, 0.15) is 0 Å². The average Bonchev–Trinajstić information content (AvgIpc) is 2.09. The largest absolute Gasteiger partial charge is 0.115 e. The van der Waals surface area contributed by atoms with Gasteiger partial charge in [-0.3, -0.25) is 0 Å². The van der Waals surface area contributed by atoms with Crippen molar-refractivity contribution >= 4 is 0 Å². The summed E-state index contributed by atoms with van der Waals surface area (Å²) in [5, 5.41) is 0. The van der Waals surface area contributed by atoms with Crippen LogP contribution >= 0.6 is 0 Å². The van der Waals surface area contributed by atoms with Crippen LogP contribution in [0, 0.1) is 19.3 Å². The predicted octanol–water partition coefficient (Wildman–Crippen LogP) is 2.78. The molecule has 0 atom stereocenters. The van der Waals surface area contributed by atoms with Crippen LogP contribution in [0.15, 0.2) is 37.4 Å². The molecule has 0 aromatic heterocycles. The Morgan fingerprint density at radius 1 is 1.27 bits per heavy atom. The highest BCUT2D eigenvalue weighted by Crippen LogP contribution is 2.03. The fraction of sp³-hybridized carbons (Fsp3) is 0.0909. The lowest BCUT2D eigenvalue weighted by Crippen LogP contribution is -1.77. The zero-order valence-corrected chi connectivity index (χ0v) is 6.80. The van der Waals surface area contributed by atoms with E-state index in [1.165, 1.54) is 5.56 Å². The van der Waals surface area contributed by atoms with Crippen LogP contribution in [-0.4, -0.2) is 0 Å². The van der Waals surface area contributed by atoms with Crippen molar-refractivity contribution in [1.29, 1.82) is 0 Å². The van der Waals surface area contributed by atoms with Gasteiger partial charge in [0, 0.05) is 5.56 Å². The van der Waals surface area contributed by atoms with Crippen molar-refractivity contribution in [3.05, 3.63) is 48.6 Å². The summed E-state index contributed by atoms with van der Waals surface area (Å²) in [7, 11) is 0. The van der Waals surface area contributed by atoms with E-state index in [4.69, 9.17) is 6.42 Å². The summed E-state index contributed by atoms with van der Waals surface area (Å²) in [5.41, 5.74) is 2.15. The summed E-state index contributed by atoms with van der Waals surface area (Å²) in [6.45, 7) is 8.01. The molecule has 0 N–H and O–H groups in total. The Bertz CT molecular complexity index is 253. The van der Waals surface area contributed by atoms with Gasteiger partial charge >= 0.3 is 0 Å². The van der Waals surface area contributed by atoms with Gasteiger partial charge in [-0.1, -0.05) is 24.1 Å². The third kappa shape index (κ3) is 2.73. The van der Waals surface area contributed by atoms with E-state index in [0.29, 0.717) is 0 Å². The van der Waals surface area contributed by atoms with E-state index in [9.17, 15) is 0 Å². The Morgan fingerprint density at radius 3 is 2.18 bits per heavy atom. The van der Waals surface area contributed by atoms with Gasteiger partial charge in [-0.15, -0.1) is 19.6 Å². The average molecular weight is 144 g/mol. The van der Waals surface area contributed by atoms with Crippen molar-refractivity contribution in [2.45, 2.75) is 6.92 Å². The minimum Gasteiger partial charge on any atom is -0.115 e. The molecule has 0 aliphatic rings. The molecule has 56 valence electrons. The van der Waals surface area contributed by atoms with E-state index in [-0.39, 0.29) is 0 Å². The van der Waals surface area contributed by atoms with Gasteiger partial charge in [0.2, 0.25) is 0 Å². The van der Waals surface area contributed by atoms with Crippen LogP contribution in [-0.2, 0) is 0 Å². The van der Waals surface area contributed by atoms with E-state index in [1.54, 1.807) is 0 Å². The molecule has 1 aromatic carbocycles. The number of aryl methyl sites for hydroxylation is 1. The lowest BCUT2D eigenvalue weighted by molar-refractivity contribution is 1.44. The van der Waals surface area contributed by atoms with Crippen LogP contribution in [0.2, 0.25) is 0 Å². The first-order chi connectivity index (χ1) is 5.34. The summed E-state index contributed by atoms with van der Waals surface area (Å²) < 4.78 is 0. The molecular formula is C11H12. The lowest BCUT2D eigenvalue weighted by atomic mass is 10.1. The lowest BCUT2D eigenvalue weighted by Gasteiger charge is -1.92. The molecule has 1 aromatic rings. The van der Waals surface area contributed by atoms with Gasteiger partial charge < -0.3 is 0 Å². The topological polar surface area (TPSA) is 0 Å². The van der Waals surface area contributed by atoms with Crippen molar-refractivity contribution in [2.75, 3.05) is 0 Å². The maximum absolute atomic E-state index is 5.20. The van der Waals surface area contributed by atoms with Crippen LogP contribution in [0.5, 0.6) is 0 Å². The van der Waals surface area contributed by atoms with E-state index in [2.05, 4.69) is 19.1 Å². The second-order valence-electron chi connectivity index (χ2n) is 1.96. The molecule has 0 radical (unpaired) electrons. The van der Waals surface area contributed by atoms with Crippen LogP contribution in [0.4, 0.5) is 0 Å². The second-order valence-corrected chi connectivity index (χ2v) is 1.96. The Kier molecular flexibility index (Phi) is 4.60. The van der Waals surface area contributed by atoms with Crippen molar-refractivity contribution in [2.24, 2.45) is 0 Å². The fourth-order valence-corrected chi connectivity index (χ4v) is 0.735. The molecule has 0 spiro atoms. The quantitative estimate of drug-likeness (QED) is 0.388. The summed E-state index contributed by atoms with van der Waals surface area (Å²) in [6.07, 6.45) is 5.20. The van der Waals surface area contributed by atoms with Gasteiger partial charge in [0.25, 0.3) is 0 Å². The fourth-order valence-electron chi connectivity index (χ4n) is 0.735. The van der Waals surface area contributed by atoms with E-state index < -0.39 is 0 Å². The number of hydrogen-bond acceptors (Lipinski definition) is 0. The molecule has 0 saturated carbocycles. The SMILES string of the molecule is C#Cc1ccccc1C.C=C. The third-order valence-corrected chi connectivity index (χ3v) is 1.30. The van der Waals surface area contributed by atoms with Crippen LogP contribution in [0.25, 0.3) is 0 Å². The molecule has 0 unspecified atom stereocenters. The van der Waals surface area contributed by atoms with Crippen molar-refractivity contribution < 1.29 is 0 Å². The maximum Gasteiger partial charge on any atom is 0.0271 e. The minimum atomic E-state index is 0.984. The van der Waals surface area contributed by atoms with E-state index >= 15 is 0 Å². The Hall–Kier alpha value is -1.48. The molecule has 0 bridgehead atoms. The van der Waals surface area contributed by atoms with Gasteiger partial charge in [-0.05, 0) is 18.6 Å². The van der Waals surface area contributed by atoms with Crippen LogP contribution in [0.3, 0.4) is 0 Å². The molecule has 0 fully saturated rings. The van der Waals surface area contributed by atoms with E-state index in [0.717, 1.165) is 5.56 Å². The van der Waals surface area contributed by atoms with Gasteiger partial charge in [0.15, 0.2) is 0 Å². The first-order valence-electron chi connectivity index (χ1n) is 3.37. The molecule has 0 aliphatic heterocycles. The summed E-state index contributed by atoms with van der Waals surface area (Å²) in [5.74, 6) is 2.60. The molecule has 0 amide bonds. The second kappa shape index (κ2) is 5.32. The monoisotopic (exact) mass is 144 g/mol. The molecule has 1 rings (SSSR count). The smallest absolute Gasteiger partial charge is 0.0271 e. The Morgan fingerprint density at radius 2 is 1.82 bits per heavy atom. The molecule has 0 heteroatoms. The van der Waals surface area contributed by atoms with Crippen LogP contribution in [0.1, 0.15) is 11.1 Å². The zero-order chi connectivity index (χ0) is 8.69. The van der Waals surface area contributed by atoms with Crippen molar-refractivity contribution in [3.8, 4) is 12.3 Å². The summed E-state index contributed by atoms with van der Waals surface area (Å²) >= 11 is 0.